The van der Waals surface area contributed by atoms with Crippen molar-refractivity contribution in [3.63, 3.8) is 0 Å². The summed E-state index contributed by atoms with van der Waals surface area (Å²) in [5.41, 5.74) is 2.44. The molecule has 1 N–H and O–H groups in total. The first-order valence-electron chi connectivity index (χ1n) is 7.66. The fraction of sp³-hybridized carbons (Fsp3) is 0.375. The maximum Gasteiger partial charge on any atom is 0.271 e. The van der Waals surface area contributed by atoms with Gasteiger partial charge in [-0.05, 0) is 25.0 Å². The summed E-state index contributed by atoms with van der Waals surface area (Å²) in [5.74, 6) is 0.841. The molecule has 0 saturated heterocycles. The number of benzene rings is 1. The van der Waals surface area contributed by atoms with E-state index in [1.807, 2.05) is 6.07 Å². The minimum atomic E-state index is -0.300. The van der Waals surface area contributed by atoms with E-state index < -0.39 is 0 Å². The maximum atomic E-state index is 12.3. The number of hydrazone groups is 1. The largest absolute Gasteiger partial charge is 0.440 e. The molecule has 2 aliphatic rings. The Kier molecular flexibility index (Phi) is 3.14. The second kappa shape index (κ2) is 5.19. The fourth-order valence-corrected chi connectivity index (χ4v) is 2.56. The normalized spacial score (nSPS) is 18.2. The van der Waals surface area contributed by atoms with E-state index in [0.29, 0.717) is 35.7 Å². The lowest BCUT2D eigenvalue weighted by Crippen LogP contribution is -2.34. The van der Waals surface area contributed by atoms with Crippen LogP contribution in [0.4, 0.5) is 5.69 Å². The van der Waals surface area contributed by atoms with Crippen LogP contribution in [0.3, 0.4) is 0 Å². The number of hydrogen-bond acceptors (Lipinski definition) is 5. The zero-order chi connectivity index (χ0) is 16.0. The van der Waals surface area contributed by atoms with E-state index in [1.165, 1.54) is 5.01 Å². The molecule has 7 heteroatoms. The Labute approximate surface area is 132 Å². The molecule has 0 unspecified atom stereocenters. The SMILES string of the molecule is CN1N=C(C(=O)Nc2ccc3nc(C4CC4)oc3c2)CCC1=O. The molecule has 1 aromatic heterocycles. The molecule has 118 valence electrons. The summed E-state index contributed by atoms with van der Waals surface area (Å²) in [4.78, 5) is 28.1. The number of oxazole rings is 1. The van der Waals surface area contributed by atoms with Gasteiger partial charge in [0.2, 0.25) is 5.91 Å². The number of nitrogens with zero attached hydrogens (tertiary/aromatic N) is 3. The van der Waals surface area contributed by atoms with Crippen LogP contribution in [0.25, 0.3) is 11.1 Å². The molecule has 0 radical (unpaired) electrons. The number of carbonyl (C=O) groups is 2. The topological polar surface area (TPSA) is 87.8 Å². The summed E-state index contributed by atoms with van der Waals surface area (Å²) >= 11 is 0. The Morgan fingerprint density at radius 2 is 2.17 bits per heavy atom. The number of carbonyl (C=O) groups excluding carboxylic acids is 2. The third-order valence-corrected chi connectivity index (χ3v) is 4.06. The van der Waals surface area contributed by atoms with Gasteiger partial charge in [-0.25, -0.2) is 9.99 Å². The summed E-state index contributed by atoms with van der Waals surface area (Å²) in [6.07, 6.45) is 2.91. The van der Waals surface area contributed by atoms with Crippen LogP contribution in [-0.4, -0.2) is 34.6 Å². The van der Waals surface area contributed by atoms with Crippen molar-refractivity contribution in [1.29, 1.82) is 0 Å². The van der Waals surface area contributed by atoms with Crippen LogP contribution < -0.4 is 5.32 Å². The van der Waals surface area contributed by atoms with Crippen molar-refractivity contribution in [1.82, 2.24) is 9.99 Å². The highest BCUT2D eigenvalue weighted by atomic mass is 16.3. The summed E-state index contributed by atoms with van der Waals surface area (Å²) in [7, 11) is 1.55. The second-order valence-electron chi connectivity index (χ2n) is 5.93. The number of amides is 2. The molecule has 1 aliphatic carbocycles. The first-order chi connectivity index (χ1) is 11.1. The van der Waals surface area contributed by atoms with Crippen molar-refractivity contribution in [2.75, 3.05) is 12.4 Å². The molecule has 1 aliphatic heterocycles. The van der Waals surface area contributed by atoms with E-state index in [2.05, 4.69) is 15.4 Å². The highest BCUT2D eigenvalue weighted by Gasteiger charge is 2.29. The first-order valence-corrected chi connectivity index (χ1v) is 7.66. The molecule has 1 aromatic carbocycles. The molecule has 2 amide bonds. The summed E-state index contributed by atoms with van der Waals surface area (Å²) in [6, 6.07) is 5.39. The van der Waals surface area contributed by atoms with Gasteiger partial charge in [0.1, 0.15) is 11.2 Å². The average molecular weight is 312 g/mol. The number of anilines is 1. The lowest BCUT2D eigenvalue weighted by Gasteiger charge is -2.18. The molecule has 0 bridgehead atoms. The number of hydrogen-bond donors (Lipinski definition) is 1. The monoisotopic (exact) mass is 312 g/mol. The van der Waals surface area contributed by atoms with E-state index in [-0.39, 0.29) is 11.8 Å². The summed E-state index contributed by atoms with van der Waals surface area (Å²) in [5, 5.41) is 8.02. The number of nitrogens with one attached hydrogen (secondary N) is 1. The van der Waals surface area contributed by atoms with E-state index in [1.54, 1.807) is 19.2 Å². The standard InChI is InChI=1S/C16H16N4O3/c1-20-14(21)7-6-12(19-20)15(22)17-10-4-5-11-13(8-10)23-16(18-11)9-2-3-9/h4-5,8-9H,2-3,6-7H2,1H3,(H,17,22). The molecule has 23 heavy (non-hydrogen) atoms. The van der Waals surface area contributed by atoms with Crippen LogP contribution >= 0.6 is 0 Å². The Balaban J connectivity index is 1.54. The van der Waals surface area contributed by atoms with Crippen molar-refractivity contribution in [2.24, 2.45) is 5.10 Å². The van der Waals surface area contributed by atoms with Gasteiger partial charge in [-0.2, -0.15) is 5.10 Å². The van der Waals surface area contributed by atoms with Gasteiger partial charge in [0.15, 0.2) is 11.5 Å². The van der Waals surface area contributed by atoms with E-state index in [9.17, 15) is 9.59 Å². The molecule has 0 atom stereocenters. The Morgan fingerprint density at radius 3 is 2.91 bits per heavy atom. The fourth-order valence-electron chi connectivity index (χ4n) is 2.56. The molecule has 1 fully saturated rings. The van der Waals surface area contributed by atoms with E-state index in [4.69, 9.17) is 4.42 Å². The van der Waals surface area contributed by atoms with Crippen LogP contribution in [0.2, 0.25) is 0 Å². The molecule has 1 saturated carbocycles. The van der Waals surface area contributed by atoms with Gasteiger partial charge in [0, 0.05) is 37.6 Å². The minimum Gasteiger partial charge on any atom is -0.440 e. The smallest absolute Gasteiger partial charge is 0.271 e. The Morgan fingerprint density at radius 1 is 1.35 bits per heavy atom. The van der Waals surface area contributed by atoms with Crippen LogP contribution in [-0.2, 0) is 9.59 Å². The zero-order valence-electron chi connectivity index (χ0n) is 12.7. The highest BCUT2D eigenvalue weighted by molar-refractivity contribution is 6.43. The quantitative estimate of drug-likeness (QED) is 0.941. The number of fused-ring (bicyclic) bond motifs is 1. The Bertz CT molecular complexity index is 835. The predicted octanol–water partition coefficient (Wildman–Crippen LogP) is 2.25. The Hall–Kier alpha value is -2.70. The third-order valence-electron chi connectivity index (χ3n) is 4.06. The van der Waals surface area contributed by atoms with Gasteiger partial charge in [-0.1, -0.05) is 0 Å². The van der Waals surface area contributed by atoms with Crippen LogP contribution in [0, 0.1) is 0 Å². The minimum absolute atomic E-state index is 0.0859. The molecular formula is C16H16N4O3. The zero-order valence-corrected chi connectivity index (χ0v) is 12.7. The van der Waals surface area contributed by atoms with E-state index in [0.717, 1.165) is 24.2 Å². The average Bonchev–Trinajstić information content (AvgIpc) is 3.30. The highest BCUT2D eigenvalue weighted by Crippen LogP contribution is 2.40. The summed E-state index contributed by atoms with van der Waals surface area (Å²) < 4.78 is 5.75. The molecule has 0 spiro atoms. The lowest BCUT2D eigenvalue weighted by atomic mass is 10.1. The molecule has 7 nitrogen and oxygen atoms in total. The molecule has 2 aromatic rings. The third kappa shape index (κ3) is 2.69. The van der Waals surface area contributed by atoms with Gasteiger partial charge in [-0.3, -0.25) is 9.59 Å². The number of rotatable bonds is 3. The van der Waals surface area contributed by atoms with Gasteiger partial charge >= 0.3 is 0 Å². The molecule has 2 heterocycles. The van der Waals surface area contributed by atoms with Crippen LogP contribution in [0.15, 0.2) is 27.7 Å². The second-order valence-corrected chi connectivity index (χ2v) is 5.93. The van der Waals surface area contributed by atoms with E-state index >= 15 is 0 Å². The van der Waals surface area contributed by atoms with Crippen molar-refractivity contribution in [3.8, 4) is 0 Å². The maximum absolute atomic E-state index is 12.3. The molecular weight excluding hydrogens is 296 g/mol. The summed E-state index contributed by atoms with van der Waals surface area (Å²) in [6.45, 7) is 0. The van der Waals surface area contributed by atoms with Gasteiger partial charge in [-0.15, -0.1) is 0 Å². The lowest BCUT2D eigenvalue weighted by molar-refractivity contribution is -0.130. The number of aromatic nitrogens is 1. The van der Waals surface area contributed by atoms with Gasteiger partial charge in [0.25, 0.3) is 5.91 Å². The molecule has 4 rings (SSSR count). The van der Waals surface area contributed by atoms with Gasteiger partial charge in [0.05, 0.1) is 0 Å². The van der Waals surface area contributed by atoms with Crippen molar-refractivity contribution < 1.29 is 14.0 Å². The predicted molar refractivity (Wildman–Crippen MR) is 84.1 cm³/mol. The first kappa shape index (κ1) is 13.9. The van der Waals surface area contributed by atoms with Crippen molar-refractivity contribution >= 4 is 34.3 Å². The van der Waals surface area contributed by atoms with Crippen molar-refractivity contribution in [2.45, 2.75) is 31.6 Å². The van der Waals surface area contributed by atoms with Gasteiger partial charge < -0.3 is 9.73 Å². The van der Waals surface area contributed by atoms with Crippen LogP contribution in [0.1, 0.15) is 37.5 Å². The van der Waals surface area contributed by atoms with Crippen molar-refractivity contribution in [3.05, 3.63) is 24.1 Å². The van der Waals surface area contributed by atoms with Crippen LogP contribution in [0.5, 0.6) is 0 Å².